The van der Waals surface area contributed by atoms with Gasteiger partial charge in [0.15, 0.2) is 5.96 Å². The van der Waals surface area contributed by atoms with Crippen LogP contribution in [0.5, 0.6) is 0 Å². The van der Waals surface area contributed by atoms with Gasteiger partial charge in [-0.25, -0.2) is 14.4 Å². The Balaban J connectivity index is 0.00000280. The van der Waals surface area contributed by atoms with Crippen LogP contribution in [0.3, 0.4) is 0 Å². The van der Waals surface area contributed by atoms with Crippen LogP contribution < -0.4 is 20.9 Å². The first kappa shape index (κ1) is 21.9. The van der Waals surface area contributed by atoms with Crippen LogP contribution in [0, 0.1) is 5.82 Å². The lowest BCUT2D eigenvalue weighted by molar-refractivity contribution is 0.624. The molecular weight excluding hydrogens is 470 g/mol. The minimum absolute atomic E-state index is 0. The van der Waals surface area contributed by atoms with Crippen LogP contribution >= 0.6 is 24.0 Å². The molecule has 0 saturated carbocycles. The highest BCUT2D eigenvalue weighted by molar-refractivity contribution is 14.0. The Morgan fingerprint density at radius 2 is 1.86 bits per heavy atom. The highest BCUT2D eigenvalue weighted by Gasteiger charge is 2.18. The molecule has 28 heavy (non-hydrogen) atoms. The molecule has 2 aromatic rings. The average Bonchev–Trinajstić information content (AvgIpc) is 2.71. The normalized spacial score (nSPS) is 14.4. The van der Waals surface area contributed by atoms with Gasteiger partial charge in [0.25, 0.3) is 0 Å². The first-order chi connectivity index (χ1) is 13.2. The second-order valence-electron chi connectivity index (χ2n) is 6.34. The van der Waals surface area contributed by atoms with E-state index in [0.717, 1.165) is 43.2 Å². The predicted molar refractivity (Wildman–Crippen MR) is 124 cm³/mol. The number of nitrogens with two attached hydrogens (primary N) is 1. The molecule has 8 heteroatoms. The van der Waals surface area contributed by atoms with Crippen molar-refractivity contribution in [2.24, 2.45) is 10.7 Å². The minimum Gasteiger partial charge on any atom is -0.370 e. The molecule has 0 atom stereocenters. The Bertz CT molecular complexity index is 788. The summed E-state index contributed by atoms with van der Waals surface area (Å²) < 4.78 is 13.1. The number of aliphatic imine (C=N–C) groups is 1. The summed E-state index contributed by atoms with van der Waals surface area (Å²) in [5.41, 5.74) is 7.91. The number of halogens is 2. The van der Waals surface area contributed by atoms with E-state index in [1.54, 1.807) is 12.3 Å². The van der Waals surface area contributed by atoms with E-state index < -0.39 is 0 Å². The van der Waals surface area contributed by atoms with Gasteiger partial charge in [0.05, 0.1) is 6.54 Å². The summed E-state index contributed by atoms with van der Waals surface area (Å²) in [6, 6.07) is 10.7. The number of pyridine rings is 1. The summed E-state index contributed by atoms with van der Waals surface area (Å²) >= 11 is 0. The summed E-state index contributed by atoms with van der Waals surface area (Å²) in [5.74, 6) is 1.14. The first-order valence-electron chi connectivity index (χ1n) is 9.01. The van der Waals surface area contributed by atoms with Gasteiger partial charge in [0.2, 0.25) is 0 Å². The van der Waals surface area contributed by atoms with Gasteiger partial charge < -0.3 is 20.9 Å². The van der Waals surface area contributed by atoms with Crippen molar-refractivity contribution in [3.05, 3.63) is 66.6 Å². The van der Waals surface area contributed by atoms with E-state index in [-0.39, 0.29) is 29.8 Å². The van der Waals surface area contributed by atoms with E-state index in [2.05, 4.69) is 37.7 Å². The van der Waals surface area contributed by atoms with Crippen LogP contribution in [0.15, 0.2) is 60.2 Å². The number of guanidine groups is 1. The monoisotopic (exact) mass is 496 g/mol. The van der Waals surface area contributed by atoms with Crippen molar-refractivity contribution in [3.63, 3.8) is 0 Å². The molecule has 3 rings (SSSR count). The van der Waals surface area contributed by atoms with Crippen molar-refractivity contribution in [2.45, 2.75) is 6.54 Å². The van der Waals surface area contributed by atoms with Gasteiger partial charge in [-0.2, -0.15) is 0 Å². The lowest BCUT2D eigenvalue weighted by atomic mass is 10.2. The van der Waals surface area contributed by atoms with Gasteiger partial charge in [0.1, 0.15) is 11.6 Å². The zero-order valence-electron chi connectivity index (χ0n) is 15.7. The summed E-state index contributed by atoms with van der Waals surface area (Å²) in [5, 5.41) is 2.96. The van der Waals surface area contributed by atoms with Gasteiger partial charge >= 0.3 is 0 Å². The molecule has 0 spiro atoms. The highest BCUT2D eigenvalue weighted by Crippen LogP contribution is 2.20. The Kier molecular flexibility index (Phi) is 8.49. The number of anilines is 2. The second-order valence-corrected chi connectivity index (χ2v) is 6.34. The van der Waals surface area contributed by atoms with E-state index in [9.17, 15) is 4.39 Å². The molecule has 1 fully saturated rings. The second kappa shape index (κ2) is 10.8. The molecular formula is C20H26FIN6. The predicted octanol–water partition coefficient (Wildman–Crippen LogP) is 2.76. The average molecular weight is 496 g/mol. The van der Waals surface area contributed by atoms with Crippen LogP contribution in [0.4, 0.5) is 15.9 Å². The lowest BCUT2D eigenvalue weighted by Crippen LogP contribution is -2.46. The van der Waals surface area contributed by atoms with Gasteiger partial charge in [-0.1, -0.05) is 6.08 Å². The Labute approximate surface area is 182 Å². The van der Waals surface area contributed by atoms with Gasteiger partial charge in [-0.05, 0) is 42.0 Å². The third kappa shape index (κ3) is 6.08. The molecule has 1 aromatic carbocycles. The molecule has 6 nitrogen and oxygen atoms in total. The highest BCUT2D eigenvalue weighted by atomic mass is 127. The van der Waals surface area contributed by atoms with Crippen LogP contribution in [-0.2, 0) is 6.54 Å². The number of nitrogens with one attached hydrogen (secondary N) is 1. The third-order valence-electron chi connectivity index (χ3n) is 4.46. The molecule has 0 radical (unpaired) electrons. The Hall–Kier alpha value is -2.36. The molecule has 1 aliphatic rings. The molecule has 2 heterocycles. The summed E-state index contributed by atoms with van der Waals surface area (Å²) in [6.45, 7) is 8.19. The quantitative estimate of drug-likeness (QED) is 0.279. The molecule has 1 aromatic heterocycles. The topological polar surface area (TPSA) is 69.8 Å². The summed E-state index contributed by atoms with van der Waals surface area (Å²) in [4.78, 5) is 13.3. The van der Waals surface area contributed by atoms with Crippen molar-refractivity contribution in [1.82, 2.24) is 10.3 Å². The fourth-order valence-corrected chi connectivity index (χ4v) is 2.99. The molecule has 0 amide bonds. The van der Waals surface area contributed by atoms with Crippen molar-refractivity contribution in [2.75, 3.05) is 42.5 Å². The molecule has 1 aliphatic heterocycles. The molecule has 150 valence electrons. The number of piperazine rings is 1. The fraction of sp³-hybridized carbons (Fsp3) is 0.300. The summed E-state index contributed by atoms with van der Waals surface area (Å²) in [6.07, 6.45) is 3.54. The van der Waals surface area contributed by atoms with Crippen LogP contribution in [0.1, 0.15) is 5.56 Å². The Morgan fingerprint density at radius 3 is 2.54 bits per heavy atom. The number of benzene rings is 1. The standard InChI is InChI=1S/C20H25FN6.HI/c1-2-8-24-20(22)25-15-16-7-9-23-19(14-16)27-12-10-26(11-13-27)18-5-3-17(21)4-6-18;/h2-7,9,14H,1,8,10-13,15H2,(H3,22,24,25);1H. The van der Waals surface area contributed by atoms with E-state index in [1.807, 2.05) is 18.2 Å². The number of hydrogen-bond donors (Lipinski definition) is 2. The van der Waals surface area contributed by atoms with E-state index in [1.165, 1.54) is 12.1 Å². The molecule has 3 N–H and O–H groups in total. The van der Waals surface area contributed by atoms with Gasteiger partial charge in [-0.3, -0.25) is 0 Å². The Morgan fingerprint density at radius 1 is 1.18 bits per heavy atom. The number of rotatable bonds is 6. The van der Waals surface area contributed by atoms with Gasteiger partial charge in [-0.15, -0.1) is 30.6 Å². The maximum Gasteiger partial charge on any atom is 0.189 e. The molecule has 0 unspecified atom stereocenters. The zero-order chi connectivity index (χ0) is 19.1. The molecule has 0 aliphatic carbocycles. The van der Waals surface area contributed by atoms with Crippen LogP contribution in [-0.4, -0.2) is 43.7 Å². The lowest BCUT2D eigenvalue weighted by Gasteiger charge is -2.36. The van der Waals surface area contributed by atoms with Crippen molar-refractivity contribution in [3.8, 4) is 0 Å². The number of aromatic nitrogens is 1. The van der Waals surface area contributed by atoms with Gasteiger partial charge in [0, 0.05) is 44.6 Å². The van der Waals surface area contributed by atoms with Crippen LogP contribution in [0.25, 0.3) is 0 Å². The van der Waals surface area contributed by atoms with E-state index >= 15 is 0 Å². The largest absolute Gasteiger partial charge is 0.370 e. The minimum atomic E-state index is -0.207. The third-order valence-corrected chi connectivity index (χ3v) is 4.46. The maximum absolute atomic E-state index is 13.1. The van der Waals surface area contributed by atoms with Crippen molar-refractivity contribution >= 4 is 41.4 Å². The zero-order valence-corrected chi connectivity index (χ0v) is 18.1. The summed E-state index contributed by atoms with van der Waals surface area (Å²) in [7, 11) is 0. The van der Waals surface area contributed by atoms with Crippen molar-refractivity contribution < 1.29 is 4.39 Å². The SMILES string of the molecule is C=CCNC(N)=NCc1ccnc(N2CCN(c3ccc(F)cc3)CC2)c1.I. The first-order valence-corrected chi connectivity index (χ1v) is 9.01. The van der Waals surface area contributed by atoms with Crippen LogP contribution in [0.2, 0.25) is 0 Å². The number of hydrogen-bond acceptors (Lipinski definition) is 4. The maximum atomic E-state index is 13.1. The van der Waals surface area contributed by atoms with E-state index in [4.69, 9.17) is 5.73 Å². The van der Waals surface area contributed by atoms with E-state index in [0.29, 0.717) is 19.0 Å². The number of nitrogens with zero attached hydrogens (tertiary/aromatic N) is 4. The van der Waals surface area contributed by atoms with Crippen molar-refractivity contribution in [1.29, 1.82) is 0 Å². The molecule has 1 saturated heterocycles. The fourth-order valence-electron chi connectivity index (χ4n) is 2.99. The molecule has 0 bridgehead atoms. The smallest absolute Gasteiger partial charge is 0.189 e.